The second kappa shape index (κ2) is 14.1. The van der Waals surface area contributed by atoms with Crippen LogP contribution in [-0.4, -0.2) is 0 Å². The maximum absolute atomic E-state index is 6.21. The molecule has 0 bridgehead atoms. The molecule has 0 N–H and O–H groups in total. The molecule has 1 heterocycles. The van der Waals surface area contributed by atoms with Crippen molar-refractivity contribution in [3.63, 3.8) is 0 Å². The van der Waals surface area contributed by atoms with E-state index in [-0.39, 0.29) is 0 Å². The number of hydrogen-bond donors (Lipinski definition) is 0. The lowest BCUT2D eigenvalue weighted by atomic mass is 9.96. The summed E-state index contributed by atoms with van der Waals surface area (Å²) in [4.78, 5) is 2.39. The van der Waals surface area contributed by atoms with Crippen molar-refractivity contribution in [3.8, 4) is 44.7 Å². The third kappa shape index (κ3) is 6.09. The van der Waals surface area contributed by atoms with Gasteiger partial charge in [0.05, 0.1) is 5.69 Å². The van der Waals surface area contributed by atoms with Gasteiger partial charge in [0.25, 0.3) is 0 Å². The number of rotatable bonds is 7. The quantitative estimate of drug-likeness (QED) is 0.162. The third-order valence-corrected chi connectivity index (χ3v) is 11.4. The number of furan rings is 1. The van der Waals surface area contributed by atoms with Gasteiger partial charge in [0.15, 0.2) is 0 Å². The molecule has 0 unspecified atom stereocenters. The van der Waals surface area contributed by atoms with Gasteiger partial charge in [-0.2, -0.15) is 0 Å². The molecule has 2 heteroatoms. The Bertz CT molecular complexity index is 3240. The van der Waals surface area contributed by atoms with Crippen LogP contribution >= 0.6 is 0 Å². The maximum atomic E-state index is 6.21. The summed E-state index contributed by atoms with van der Waals surface area (Å²) in [6.07, 6.45) is 0. The van der Waals surface area contributed by atoms with Crippen molar-refractivity contribution in [2.75, 3.05) is 4.90 Å². The van der Waals surface area contributed by atoms with E-state index in [1.165, 1.54) is 60.1 Å². The van der Waals surface area contributed by atoms with Crippen LogP contribution in [0.2, 0.25) is 0 Å². The van der Waals surface area contributed by atoms with Gasteiger partial charge in [0.1, 0.15) is 11.3 Å². The molecule has 0 spiro atoms. The zero-order valence-corrected chi connectivity index (χ0v) is 31.7. The fourth-order valence-electron chi connectivity index (χ4n) is 8.48. The summed E-state index contributed by atoms with van der Waals surface area (Å²) in [5.74, 6) is 0.879. The van der Waals surface area contributed by atoms with E-state index in [4.69, 9.17) is 4.42 Å². The molecule has 0 amide bonds. The van der Waals surface area contributed by atoms with E-state index in [0.717, 1.165) is 44.9 Å². The molecule has 11 rings (SSSR count). The number of anilines is 3. The van der Waals surface area contributed by atoms with Crippen LogP contribution in [0.3, 0.4) is 0 Å². The van der Waals surface area contributed by atoms with E-state index in [1.807, 2.05) is 18.2 Å². The van der Waals surface area contributed by atoms with Gasteiger partial charge < -0.3 is 9.32 Å². The molecule has 0 saturated heterocycles. The van der Waals surface area contributed by atoms with Crippen LogP contribution in [-0.2, 0) is 0 Å². The van der Waals surface area contributed by atoms with Crippen LogP contribution in [0, 0.1) is 0 Å². The van der Waals surface area contributed by atoms with Gasteiger partial charge in [-0.15, -0.1) is 0 Å². The largest absolute Gasteiger partial charge is 0.456 e. The number of benzene rings is 10. The molecule has 0 atom stereocenters. The Morgan fingerprint density at radius 3 is 1.66 bits per heavy atom. The van der Waals surface area contributed by atoms with Crippen LogP contribution in [0.15, 0.2) is 229 Å². The molecule has 10 aromatic carbocycles. The van der Waals surface area contributed by atoms with Crippen molar-refractivity contribution in [1.82, 2.24) is 0 Å². The summed E-state index contributed by atoms with van der Waals surface area (Å²) in [5, 5.41) is 8.43. The molecule has 1 aromatic heterocycles. The third-order valence-electron chi connectivity index (χ3n) is 11.4. The Morgan fingerprint density at radius 2 is 0.845 bits per heavy atom. The first kappa shape index (κ1) is 33.6. The molecular formula is C56H37NO. The predicted molar refractivity (Wildman–Crippen MR) is 245 cm³/mol. The minimum atomic E-state index is 0.879. The molecule has 272 valence electrons. The summed E-state index contributed by atoms with van der Waals surface area (Å²) in [5.41, 5.74) is 12.5. The highest BCUT2D eigenvalue weighted by Gasteiger charge is 2.17. The van der Waals surface area contributed by atoms with Crippen LogP contribution in [0.25, 0.3) is 88.0 Å². The lowest BCUT2D eigenvalue weighted by Crippen LogP contribution is -2.10. The fourth-order valence-corrected chi connectivity index (χ4v) is 8.48. The maximum Gasteiger partial charge on any atom is 0.135 e. The van der Waals surface area contributed by atoms with Gasteiger partial charge in [0, 0.05) is 27.7 Å². The lowest BCUT2D eigenvalue weighted by molar-refractivity contribution is 0.631. The van der Waals surface area contributed by atoms with Crippen molar-refractivity contribution < 1.29 is 4.42 Å². The highest BCUT2D eigenvalue weighted by atomic mass is 16.3. The standard InChI is InChI=1S/C56H37NO/c1-4-17-51-40(10-1)13-8-19-52(51)42-24-22-38(23-25-42)39-28-31-49(32-29-39)57(54-20-9-14-41-11-2-5-18-53(41)54)50-33-30-45-34-44(26-27-46(45)36-50)43-15-7-16-47(35-43)56-37-48-12-3-6-21-55(48)58-56/h1-37H. The average Bonchev–Trinajstić information content (AvgIpc) is 3.74. The van der Waals surface area contributed by atoms with Gasteiger partial charge in [0.2, 0.25) is 0 Å². The van der Waals surface area contributed by atoms with Gasteiger partial charge in [-0.05, 0) is 115 Å². The van der Waals surface area contributed by atoms with E-state index in [0.29, 0.717) is 0 Å². The zero-order chi connectivity index (χ0) is 38.4. The molecule has 0 aliphatic carbocycles. The lowest BCUT2D eigenvalue weighted by Gasteiger charge is -2.27. The Balaban J connectivity index is 0.939. The summed E-state index contributed by atoms with van der Waals surface area (Å²) >= 11 is 0. The van der Waals surface area contributed by atoms with E-state index in [1.54, 1.807) is 0 Å². The van der Waals surface area contributed by atoms with Crippen molar-refractivity contribution in [3.05, 3.63) is 224 Å². The second-order valence-corrected chi connectivity index (χ2v) is 15.0. The first-order chi connectivity index (χ1) is 28.7. The van der Waals surface area contributed by atoms with Gasteiger partial charge in [-0.1, -0.05) is 170 Å². The van der Waals surface area contributed by atoms with Gasteiger partial charge in [-0.25, -0.2) is 0 Å². The summed E-state index contributed by atoms with van der Waals surface area (Å²) < 4.78 is 6.21. The topological polar surface area (TPSA) is 16.4 Å². The van der Waals surface area contributed by atoms with Crippen LogP contribution < -0.4 is 4.90 Å². The number of fused-ring (bicyclic) bond motifs is 4. The number of nitrogens with zero attached hydrogens (tertiary/aromatic N) is 1. The average molecular weight is 740 g/mol. The van der Waals surface area contributed by atoms with E-state index in [9.17, 15) is 0 Å². The van der Waals surface area contributed by atoms with Crippen molar-refractivity contribution in [2.45, 2.75) is 0 Å². The Morgan fingerprint density at radius 1 is 0.293 bits per heavy atom. The first-order valence-corrected chi connectivity index (χ1v) is 19.8. The zero-order valence-electron chi connectivity index (χ0n) is 31.7. The van der Waals surface area contributed by atoms with Crippen LogP contribution in [0.5, 0.6) is 0 Å². The van der Waals surface area contributed by atoms with Crippen LogP contribution in [0.4, 0.5) is 17.1 Å². The van der Waals surface area contributed by atoms with Crippen molar-refractivity contribution in [2.24, 2.45) is 0 Å². The van der Waals surface area contributed by atoms with Crippen molar-refractivity contribution in [1.29, 1.82) is 0 Å². The molecule has 0 radical (unpaired) electrons. The Hall–Kier alpha value is -7.68. The normalized spacial score (nSPS) is 11.4. The smallest absolute Gasteiger partial charge is 0.135 e. The predicted octanol–water partition coefficient (Wildman–Crippen LogP) is 16.0. The molecule has 2 nitrogen and oxygen atoms in total. The molecule has 0 saturated carbocycles. The van der Waals surface area contributed by atoms with E-state index >= 15 is 0 Å². The second-order valence-electron chi connectivity index (χ2n) is 15.0. The Labute approximate surface area is 337 Å². The SMILES string of the molecule is c1cc(-c2ccc3cc(N(c4ccc(-c5ccc(-c6cccc7ccccc67)cc5)cc4)c4cccc5ccccc45)ccc3c2)cc(-c2cc3ccccc3o2)c1. The highest BCUT2D eigenvalue weighted by molar-refractivity contribution is 6.01. The van der Waals surface area contributed by atoms with Gasteiger partial charge in [-0.3, -0.25) is 0 Å². The molecule has 58 heavy (non-hydrogen) atoms. The van der Waals surface area contributed by atoms with Crippen LogP contribution in [0.1, 0.15) is 0 Å². The molecular weight excluding hydrogens is 703 g/mol. The van der Waals surface area contributed by atoms with E-state index in [2.05, 4.69) is 211 Å². The van der Waals surface area contributed by atoms with E-state index < -0.39 is 0 Å². The molecule has 0 aliphatic rings. The highest BCUT2D eigenvalue weighted by Crippen LogP contribution is 2.41. The Kier molecular flexibility index (Phi) is 8.19. The van der Waals surface area contributed by atoms with Crippen molar-refractivity contribution >= 4 is 60.3 Å². The minimum Gasteiger partial charge on any atom is -0.456 e. The number of hydrogen-bond acceptors (Lipinski definition) is 2. The van der Waals surface area contributed by atoms with Gasteiger partial charge >= 0.3 is 0 Å². The molecule has 0 aliphatic heterocycles. The fraction of sp³-hybridized carbons (Fsp3) is 0. The summed E-state index contributed by atoms with van der Waals surface area (Å²) in [6, 6.07) is 80.8. The molecule has 11 aromatic rings. The molecule has 0 fully saturated rings. The first-order valence-electron chi connectivity index (χ1n) is 19.8. The number of para-hydroxylation sites is 1. The summed E-state index contributed by atoms with van der Waals surface area (Å²) in [7, 11) is 0. The minimum absolute atomic E-state index is 0.879. The monoisotopic (exact) mass is 739 g/mol. The summed E-state index contributed by atoms with van der Waals surface area (Å²) in [6.45, 7) is 0.